The predicted molar refractivity (Wildman–Crippen MR) is 86.9 cm³/mol. The Morgan fingerprint density at radius 1 is 0.909 bits per heavy atom. The zero-order chi connectivity index (χ0) is 15.5. The molecule has 1 heterocycles. The first-order valence-electron chi connectivity index (χ1n) is 6.74. The van der Waals surface area contributed by atoms with Crippen LogP contribution in [0.4, 0.5) is 0 Å². The number of ketones is 1. The summed E-state index contributed by atoms with van der Waals surface area (Å²) in [5.41, 5.74) is 1.31. The molecule has 0 aliphatic rings. The SMILES string of the molecule is O=C(c1cccc(Cl)c1)c1ccccc1-n1ccccc1=O. The Kier molecular flexibility index (Phi) is 3.90. The number of pyridine rings is 1. The molecule has 0 radical (unpaired) electrons. The molecule has 108 valence electrons. The van der Waals surface area contributed by atoms with Crippen molar-refractivity contribution < 1.29 is 4.79 Å². The van der Waals surface area contributed by atoms with Crippen molar-refractivity contribution in [1.29, 1.82) is 0 Å². The van der Waals surface area contributed by atoms with Crippen molar-refractivity contribution in [2.45, 2.75) is 0 Å². The van der Waals surface area contributed by atoms with Gasteiger partial charge >= 0.3 is 0 Å². The number of aromatic nitrogens is 1. The van der Waals surface area contributed by atoms with Gasteiger partial charge in [0, 0.05) is 28.4 Å². The highest BCUT2D eigenvalue weighted by Crippen LogP contribution is 2.19. The molecule has 0 atom stereocenters. The van der Waals surface area contributed by atoms with E-state index >= 15 is 0 Å². The largest absolute Gasteiger partial charge is 0.289 e. The lowest BCUT2D eigenvalue weighted by molar-refractivity contribution is 0.103. The van der Waals surface area contributed by atoms with E-state index in [0.29, 0.717) is 21.8 Å². The number of hydrogen-bond acceptors (Lipinski definition) is 2. The van der Waals surface area contributed by atoms with Crippen LogP contribution in [0.1, 0.15) is 15.9 Å². The third-order valence-corrected chi connectivity index (χ3v) is 3.55. The number of carbonyl (C=O) groups excluding carboxylic acids is 1. The number of nitrogens with zero attached hydrogens (tertiary/aromatic N) is 1. The Morgan fingerprint density at radius 2 is 1.68 bits per heavy atom. The molecule has 0 saturated heterocycles. The molecule has 2 aromatic carbocycles. The Morgan fingerprint density at radius 3 is 2.45 bits per heavy atom. The summed E-state index contributed by atoms with van der Waals surface area (Å²) in [7, 11) is 0. The van der Waals surface area contributed by atoms with Crippen LogP contribution in [0.2, 0.25) is 5.02 Å². The van der Waals surface area contributed by atoms with Gasteiger partial charge in [-0.25, -0.2) is 0 Å². The number of halogens is 1. The van der Waals surface area contributed by atoms with Crippen LogP contribution in [0.5, 0.6) is 0 Å². The Bertz CT molecular complexity index is 899. The summed E-state index contributed by atoms with van der Waals surface area (Å²) >= 11 is 5.95. The van der Waals surface area contributed by atoms with Gasteiger partial charge in [-0.15, -0.1) is 0 Å². The maximum atomic E-state index is 12.7. The van der Waals surface area contributed by atoms with Crippen molar-refractivity contribution in [2.24, 2.45) is 0 Å². The molecule has 3 rings (SSSR count). The Hall–Kier alpha value is -2.65. The fraction of sp³-hybridized carbons (Fsp3) is 0. The van der Waals surface area contributed by atoms with Crippen LogP contribution in [0.15, 0.2) is 77.7 Å². The van der Waals surface area contributed by atoms with Crippen molar-refractivity contribution in [3.05, 3.63) is 99.4 Å². The molecule has 22 heavy (non-hydrogen) atoms. The second kappa shape index (κ2) is 6.00. The number of para-hydroxylation sites is 1. The molecule has 0 bridgehead atoms. The Labute approximate surface area is 132 Å². The quantitative estimate of drug-likeness (QED) is 0.692. The van der Waals surface area contributed by atoms with Gasteiger partial charge < -0.3 is 0 Å². The van der Waals surface area contributed by atoms with Crippen LogP contribution in [0.25, 0.3) is 5.69 Å². The van der Waals surface area contributed by atoms with E-state index in [4.69, 9.17) is 11.6 Å². The standard InChI is InChI=1S/C18H12ClNO2/c19-14-7-5-6-13(12-14)18(22)15-8-1-2-9-16(15)20-11-4-3-10-17(20)21/h1-12H. The average molecular weight is 310 g/mol. The highest BCUT2D eigenvalue weighted by Gasteiger charge is 2.15. The van der Waals surface area contributed by atoms with Gasteiger partial charge in [-0.2, -0.15) is 0 Å². The fourth-order valence-corrected chi connectivity index (χ4v) is 2.48. The third-order valence-electron chi connectivity index (χ3n) is 3.32. The second-order valence-corrected chi connectivity index (χ2v) is 5.20. The molecule has 0 amide bonds. The van der Waals surface area contributed by atoms with Crippen molar-refractivity contribution in [3.8, 4) is 5.69 Å². The van der Waals surface area contributed by atoms with E-state index in [1.807, 2.05) is 0 Å². The van der Waals surface area contributed by atoms with E-state index in [1.165, 1.54) is 10.6 Å². The molecule has 3 aromatic rings. The molecular weight excluding hydrogens is 298 g/mol. The zero-order valence-electron chi connectivity index (χ0n) is 11.6. The first-order chi connectivity index (χ1) is 10.7. The van der Waals surface area contributed by atoms with E-state index in [9.17, 15) is 9.59 Å². The minimum atomic E-state index is -0.186. The molecule has 0 fully saturated rings. The molecule has 0 unspecified atom stereocenters. The van der Waals surface area contributed by atoms with Gasteiger partial charge in [-0.3, -0.25) is 14.2 Å². The van der Waals surface area contributed by atoms with Gasteiger partial charge in [-0.05, 0) is 30.3 Å². The molecule has 0 N–H and O–H groups in total. The topological polar surface area (TPSA) is 39.1 Å². The van der Waals surface area contributed by atoms with E-state index in [1.54, 1.807) is 66.9 Å². The molecule has 3 nitrogen and oxygen atoms in total. The van der Waals surface area contributed by atoms with E-state index < -0.39 is 0 Å². The maximum Gasteiger partial charge on any atom is 0.255 e. The van der Waals surface area contributed by atoms with Crippen molar-refractivity contribution in [3.63, 3.8) is 0 Å². The van der Waals surface area contributed by atoms with Crippen LogP contribution in [-0.2, 0) is 0 Å². The molecular formula is C18H12ClNO2. The smallest absolute Gasteiger partial charge is 0.255 e. The van der Waals surface area contributed by atoms with Crippen LogP contribution >= 0.6 is 11.6 Å². The van der Waals surface area contributed by atoms with E-state index in [2.05, 4.69) is 0 Å². The van der Waals surface area contributed by atoms with Crippen LogP contribution in [0.3, 0.4) is 0 Å². The summed E-state index contributed by atoms with van der Waals surface area (Å²) in [5.74, 6) is -0.172. The van der Waals surface area contributed by atoms with Crippen molar-refractivity contribution >= 4 is 17.4 Å². The van der Waals surface area contributed by atoms with Gasteiger partial charge in [0.25, 0.3) is 5.56 Å². The van der Waals surface area contributed by atoms with Crippen LogP contribution < -0.4 is 5.56 Å². The van der Waals surface area contributed by atoms with Gasteiger partial charge in [-0.1, -0.05) is 41.9 Å². The zero-order valence-corrected chi connectivity index (χ0v) is 12.3. The van der Waals surface area contributed by atoms with Crippen LogP contribution in [0, 0.1) is 0 Å². The monoisotopic (exact) mass is 309 g/mol. The van der Waals surface area contributed by atoms with Crippen LogP contribution in [-0.4, -0.2) is 10.4 Å². The summed E-state index contributed by atoms with van der Waals surface area (Å²) < 4.78 is 1.46. The molecule has 0 spiro atoms. The highest BCUT2D eigenvalue weighted by molar-refractivity contribution is 6.31. The summed E-state index contributed by atoms with van der Waals surface area (Å²) in [5, 5.41) is 0.500. The molecule has 1 aromatic heterocycles. The number of rotatable bonds is 3. The Balaban J connectivity index is 2.15. The third kappa shape index (κ3) is 2.71. The second-order valence-electron chi connectivity index (χ2n) is 4.77. The van der Waals surface area contributed by atoms with Gasteiger partial charge in [0.05, 0.1) is 5.69 Å². The summed E-state index contributed by atoms with van der Waals surface area (Å²) in [4.78, 5) is 24.7. The van der Waals surface area contributed by atoms with Gasteiger partial charge in [0.15, 0.2) is 5.78 Å². The minimum absolute atomic E-state index is 0.172. The first-order valence-corrected chi connectivity index (χ1v) is 7.12. The molecule has 0 aliphatic carbocycles. The average Bonchev–Trinajstić information content (AvgIpc) is 2.55. The number of carbonyl (C=O) groups is 1. The minimum Gasteiger partial charge on any atom is -0.289 e. The van der Waals surface area contributed by atoms with E-state index in [0.717, 1.165) is 0 Å². The normalized spacial score (nSPS) is 10.4. The lowest BCUT2D eigenvalue weighted by Crippen LogP contribution is -2.18. The fourth-order valence-electron chi connectivity index (χ4n) is 2.29. The van der Waals surface area contributed by atoms with E-state index in [-0.39, 0.29) is 11.3 Å². The molecule has 0 aliphatic heterocycles. The molecule has 0 saturated carbocycles. The number of benzene rings is 2. The van der Waals surface area contributed by atoms with Gasteiger partial charge in [0.1, 0.15) is 0 Å². The first kappa shape index (κ1) is 14.3. The lowest BCUT2D eigenvalue weighted by Gasteiger charge is -2.11. The van der Waals surface area contributed by atoms with Crippen molar-refractivity contribution in [2.75, 3.05) is 0 Å². The maximum absolute atomic E-state index is 12.7. The summed E-state index contributed by atoms with van der Waals surface area (Å²) in [6, 6.07) is 18.7. The van der Waals surface area contributed by atoms with Crippen molar-refractivity contribution in [1.82, 2.24) is 4.57 Å². The summed E-state index contributed by atoms with van der Waals surface area (Å²) in [6.07, 6.45) is 1.65. The highest BCUT2D eigenvalue weighted by atomic mass is 35.5. The number of hydrogen-bond donors (Lipinski definition) is 0. The summed E-state index contributed by atoms with van der Waals surface area (Å²) in [6.45, 7) is 0. The molecule has 4 heteroatoms. The lowest BCUT2D eigenvalue weighted by atomic mass is 10.0. The van der Waals surface area contributed by atoms with Gasteiger partial charge in [0.2, 0.25) is 0 Å². The predicted octanol–water partition coefficient (Wildman–Crippen LogP) is 3.72.